The van der Waals surface area contributed by atoms with Gasteiger partial charge in [-0.3, -0.25) is 0 Å². The van der Waals surface area contributed by atoms with Crippen LogP contribution in [-0.2, 0) is 6.54 Å². The highest BCUT2D eigenvalue weighted by atomic mass is 79.9. The zero-order chi connectivity index (χ0) is 12.1. The van der Waals surface area contributed by atoms with Gasteiger partial charge in [0.2, 0.25) is 0 Å². The third kappa shape index (κ3) is 3.48. The minimum atomic E-state index is 0.684. The molecule has 2 rings (SSSR count). The first-order valence-electron chi connectivity index (χ1n) is 5.49. The lowest BCUT2D eigenvalue weighted by atomic mass is 10.3. The van der Waals surface area contributed by atoms with Gasteiger partial charge in [0.05, 0.1) is 16.1 Å². The van der Waals surface area contributed by atoms with E-state index in [0.29, 0.717) is 6.61 Å². The Kier molecular flexibility index (Phi) is 4.45. The molecule has 0 radical (unpaired) electrons. The zero-order valence-corrected chi connectivity index (χ0v) is 12.0. The zero-order valence-electron chi connectivity index (χ0n) is 9.57. The van der Waals surface area contributed by atoms with Crippen LogP contribution in [0, 0.1) is 0 Å². The van der Waals surface area contributed by atoms with Crippen molar-refractivity contribution in [2.75, 3.05) is 11.9 Å². The fourth-order valence-electron chi connectivity index (χ4n) is 1.52. The molecule has 0 saturated heterocycles. The molecule has 2 nitrogen and oxygen atoms in total. The van der Waals surface area contributed by atoms with Gasteiger partial charge in [-0.25, -0.2) is 0 Å². The van der Waals surface area contributed by atoms with Gasteiger partial charge in [-0.15, -0.1) is 11.3 Å². The molecule has 4 heteroatoms. The van der Waals surface area contributed by atoms with Gasteiger partial charge in [0, 0.05) is 11.4 Å². The summed E-state index contributed by atoms with van der Waals surface area (Å²) >= 11 is 5.20. The second kappa shape index (κ2) is 6.07. The monoisotopic (exact) mass is 311 g/mol. The molecule has 0 bridgehead atoms. The average molecular weight is 312 g/mol. The molecule has 1 aromatic heterocycles. The highest BCUT2D eigenvalue weighted by Gasteiger charge is 2.02. The molecule has 2 aromatic rings. The van der Waals surface area contributed by atoms with Crippen molar-refractivity contribution in [1.82, 2.24) is 0 Å². The summed E-state index contributed by atoms with van der Waals surface area (Å²) in [5.74, 6) is 0.908. The lowest BCUT2D eigenvalue weighted by Crippen LogP contribution is -2.01. The molecule has 90 valence electrons. The summed E-state index contributed by atoms with van der Waals surface area (Å²) in [6, 6.07) is 12.2. The van der Waals surface area contributed by atoms with Gasteiger partial charge in [-0.1, -0.05) is 12.1 Å². The summed E-state index contributed by atoms with van der Waals surface area (Å²) in [6.45, 7) is 3.50. The van der Waals surface area contributed by atoms with Gasteiger partial charge in [0.15, 0.2) is 0 Å². The van der Waals surface area contributed by atoms with Gasteiger partial charge in [-0.05, 0) is 47.1 Å². The number of rotatable bonds is 5. The van der Waals surface area contributed by atoms with E-state index in [1.54, 1.807) is 11.3 Å². The molecule has 0 amide bonds. The van der Waals surface area contributed by atoms with Crippen LogP contribution in [0.1, 0.15) is 11.8 Å². The Balaban J connectivity index is 2.03. The Labute approximate surface area is 114 Å². The van der Waals surface area contributed by atoms with E-state index in [4.69, 9.17) is 4.74 Å². The smallest absolute Gasteiger partial charge is 0.142 e. The number of hydrogen-bond acceptors (Lipinski definition) is 3. The lowest BCUT2D eigenvalue weighted by molar-refractivity contribution is 0.341. The predicted octanol–water partition coefficient (Wildman–Crippen LogP) is 4.52. The fraction of sp³-hybridized carbons (Fsp3) is 0.231. The van der Waals surface area contributed by atoms with Crippen LogP contribution in [0.2, 0.25) is 0 Å². The van der Waals surface area contributed by atoms with E-state index in [1.807, 2.05) is 31.2 Å². The highest BCUT2D eigenvalue weighted by molar-refractivity contribution is 9.11. The molecule has 0 atom stereocenters. The summed E-state index contributed by atoms with van der Waals surface area (Å²) in [5, 5.41) is 3.39. The number of hydrogen-bond donors (Lipinski definition) is 1. The second-order valence-corrected chi connectivity index (χ2v) is 6.04. The minimum absolute atomic E-state index is 0.684. The van der Waals surface area contributed by atoms with Gasteiger partial charge >= 0.3 is 0 Å². The number of halogens is 1. The quantitative estimate of drug-likeness (QED) is 0.876. The number of ether oxygens (including phenoxy) is 1. The Morgan fingerprint density at radius 1 is 1.24 bits per heavy atom. The van der Waals surface area contributed by atoms with Crippen molar-refractivity contribution in [2.45, 2.75) is 13.5 Å². The van der Waals surface area contributed by atoms with Gasteiger partial charge in [0.1, 0.15) is 5.75 Å². The number of para-hydroxylation sites is 2. The maximum Gasteiger partial charge on any atom is 0.142 e. The summed E-state index contributed by atoms with van der Waals surface area (Å²) in [4.78, 5) is 1.29. The van der Waals surface area contributed by atoms with Crippen LogP contribution in [-0.4, -0.2) is 6.61 Å². The van der Waals surface area contributed by atoms with Gasteiger partial charge in [-0.2, -0.15) is 0 Å². The highest BCUT2D eigenvalue weighted by Crippen LogP contribution is 2.26. The molecule has 0 aliphatic carbocycles. The van der Waals surface area contributed by atoms with Crippen LogP contribution in [0.15, 0.2) is 40.2 Å². The number of benzene rings is 1. The van der Waals surface area contributed by atoms with Crippen LogP contribution < -0.4 is 10.1 Å². The third-order valence-electron chi connectivity index (χ3n) is 2.27. The van der Waals surface area contributed by atoms with E-state index in [-0.39, 0.29) is 0 Å². The van der Waals surface area contributed by atoms with E-state index in [9.17, 15) is 0 Å². The number of anilines is 1. The van der Waals surface area contributed by atoms with E-state index in [0.717, 1.165) is 21.8 Å². The Hall–Kier alpha value is -1.000. The van der Waals surface area contributed by atoms with Crippen molar-refractivity contribution in [3.8, 4) is 5.75 Å². The van der Waals surface area contributed by atoms with Crippen molar-refractivity contribution >= 4 is 33.0 Å². The molecule has 0 aliphatic heterocycles. The molecule has 0 unspecified atom stereocenters. The largest absolute Gasteiger partial charge is 0.492 e. The van der Waals surface area contributed by atoms with Gasteiger partial charge < -0.3 is 10.1 Å². The standard InChI is InChI=1S/C13H14BrNOS/c1-2-16-12-6-4-3-5-11(12)15-9-10-7-8-13(14)17-10/h3-8,15H,2,9H2,1H3. The fourth-order valence-corrected chi connectivity index (χ4v) is 2.95. The van der Waals surface area contributed by atoms with E-state index < -0.39 is 0 Å². The molecular weight excluding hydrogens is 298 g/mol. The van der Waals surface area contributed by atoms with E-state index >= 15 is 0 Å². The maximum absolute atomic E-state index is 5.56. The first kappa shape index (κ1) is 12.5. The van der Waals surface area contributed by atoms with Crippen LogP contribution >= 0.6 is 27.3 Å². The lowest BCUT2D eigenvalue weighted by Gasteiger charge is -2.11. The molecule has 17 heavy (non-hydrogen) atoms. The topological polar surface area (TPSA) is 21.3 Å². The molecule has 0 fully saturated rings. The maximum atomic E-state index is 5.56. The van der Waals surface area contributed by atoms with Crippen LogP contribution in [0.3, 0.4) is 0 Å². The van der Waals surface area contributed by atoms with Crippen molar-refractivity contribution < 1.29 is 4.74 Å². The molecular formula is C13H14BrNOS. The van der Waals surface area contributed by atoms with Crippen molar-refractivity contribution in [3.63, 3.8) is 0 Å². The predicted molar refractivity (Wildman–Crippen MR) is 77.0 cm³/mol. The summed E-state index contributed by atoms with van der Waals surface area (Å²) in [6.07, 6.45) is 0. The third-order valence-corrected chi connectivity index (χ3v) is 3.89. The molecule has 0 spiro atoms. The Morgan fingerprint density at radius 3 is 2.76 bits per heavy atom. The molecule has 1 heterocycles. The molecule has 0 aliphatic rings. The van der Waals surface area contributed by atoms with E-state index in [2.05, 4.69) is 33.4 Å². The van der Waals surface area contributed by atoms with Crippen LogP contribution in [0.5, 0.6) is 5.75 Å². The molecule has 0 saturated carbocycles. The number of thiophene rings is 1. The van der Waals surface area contributed by atoms with Crippen LogP contribution in [0.4, 0.5) is 5.69 Å². The molecule has 1 N–H and O–H groups in total. The molecule has 1 aromatic carbocycles. The normalized spacial score (nSPS) is 10.2. The Bertz CT molecular complexity index is 484. The van der Waals surface area contributed by atoms with Crippen molar-refractivity contribution in [2.24, 2.45) is 0 Å². The first-order valence-corrected chi connectivity index (χ1v) is 7.10. The van der Waals surface area contributed by atoms with Crippen molar-refractivity contribution in [1.29, 1.82) is 0 Å². The minimum Gasteiger partial charge on any atom is -0.492 e. The SMILES string of the molecule is CCOc1ccccc1NCc1ccc(Br)s1. The van der Waals surface area contributed by atoms with Crippen molar-refractivity contribution in [3.05, 3.63) is 45.1 Å². The van der Waals surface area contributed by atoms with E-state index in [1.165, 1.54) is 4.88 Å². The number of nitrogens with one attached hydrogen (secondary N) is 1. The van der Waals surface area contributed by atoms with Crippen LogP contribution in [0.25, 0.3) is 0 Å². The first-order chi connectivity index (χ1) is 8.29. The summed E-state index contributed by atoms with van der Waals surface area (Å²) < 4.78 is 6.72. The Morgan fingerprint density at radius 2 is 2.06 bits per heavy atom. The summed E-state index contributed by atoms with van der Waals surface area (Å²) in [5.41, 5.74) is 1.04. The average Bonchev–Trinajstić information content (AvgIpc) is 2.74. The van der Waals surface area contributed by atoms with Gasteiger partial charge in [0.25, 0.3) is 0 Å². The summed E-state index contributed by atoms with van der Waals surface area (Å²) in [7, 11) is 0. The second-order valence-electron chi connectivity index (χ2n) is 3.49.